The van der Waals surface area contributed by atoms with Gasteiger partial charge in [0.2, 0.25) is 10.0 Å². The van der Waals surface area contributed by atoms with Gasteiger partial charge in [0.15, 0.2) is 10.6 Å². The van der Waals surface area contributed by atoms with Gasteiger partial charge in [-0.3, -0.25) is 4.79 Å². The van der Waals surface area contributed by atoms with Crippen LogP contribution in [-0.4, -0.2) is 35.8 Å². The molecule has 2 heterocycles. The third-order valence-electron chi connectivity index (χ3n) is 5.12. The number of amides is 1. The molecule has 1 amide bonds. The van der Waals surface area contributed by atoms with Gasteiger partial charge in [-0.2, -0.15) is 9.30 Å². The molecule has 3 aromatic rings. The second kappa shape index (κ2) is 8.86. The van der Waals surface area contributed by atoms with E-state index in [0.717, 1.165) is 21.7 Å². The third kappa shape index (κ3) is 4.15. The summed E-state index contributed by atoms with van der Waals surface area (Å²) in [5.41, 5.74) is 0.111. The van der Waals surface area contributed by atoms with Crippen LogP contribution >= 0.6 is 22.9 Å². The second-order valence-electron chi connectivity index (χ2n) is 7.20. The lowest BCUT2D eigenvalue weighted by atomic mass is 10.2. The van der Waals surface area contributed by atoms with Crippen LogP contribution in [0.5, 0.6) is 0 Å². The SMILES string of the molecule is C=CCn1c(=NC(=O)C2CCCN2S(=O)(=O)c2ccc(Cl)cc2)sc2cc(F)cc(F)c21. The van der Waals surface area contributed by atoms with Crippen molar-refractivity contribution in [2.75, 3.05) is 6.54 Å². The van der Waals surface area contributed by atoms with E-state index in [1.807, 2.05) is 0 Å². The molecule has 0 saturated carbocycles. The molecular weight excluding hydrogens is 480 g/mol. The molecule has 2 aromatic carbocycles. The van der Waals surface area contributed by atoms with Gasteiger partial charge in [-0.15, -0.1) is 6.58 Å². The standard InChI is InChI=1S/C21H18ClF2N3O3S2/c1-2-9-26-19-16(24)11-14(23)12-18(19)31-21(26)25-20(28)17-4-3-10-27(17)32(29,30)15-7-5-13(22)6-8-15/h2,5-8,11-12,17H,1,3-4,9-10H2. The van der Waals surface area contributed by atoms with Crippen molar-refractivity contribution in [2.24, 2.45) is 4.99 Å². The molecule has 1 unspecified atom stereocenters. The first-order valence-corrected chi connectivity index (χ1v) is 12.3. The second-order valence-corrected chi connectivity index (χ2v) is 10.5. The maximum absolute atomic E-state index is 14.4. The number of aromatic nitrogens is 1. The Hall–Kier alpha value is -2.40. The topological polar surface area (TPSA) is 71.7 Å². The molecule has 1 saturated heterocycles. The van der Waals surface area contributed by atoms with Gasteiger partial charge < -0.3 is 4.57 Å². The highest BCUT2D eigenvalue weighted by Crippen LogP contribution is 2.28. The summed E-state index contributed by atoms with van der Waals surface area (Å²) in [6.07, 6.45) is 2.31. The van der Waals surface area contributed by atoms with E-state index >= 15 is 0 Å². The number of benzene rings is 2. The normalized spacial score (nSPS) is 17.8. The Balaban J connectivity index is 1.75. The number of allylic oxidation sites excluding steroid dienone is 1. The van der Waals surface area contributed by atoms with Crippen LogP contribution in [0.2, 0.25) is 5.02 Å². The first kappa shape index (κ1) is 22.8. The number of thiazole rings is 1. The highest BCUT2D eigenvalue weighted by atomic mass is 35.5. The van der Waals surface area contributed by atoms with E-state index in [1.165, 1.54) is 41.0 Å². The fourth-order valence-electron chi connectivity index (χ4n) is 3.70. The fourth-order valence-corrected chi connectivity index (χ4v) is 6.56. The van der Waals surface area contributed by atoms with Crippen molar-refractivity contribution in [1.82, 2.24) is 8.87 Å². The van der Waals surface area contributed by atoms with Gasteiger partial charge in [0, 0.05) is 24.2 Å². The van der Waals surface area contributed by atoms with E-state index in [2.05, 4.69) is 11.6 Å². The van der Waals surface area contributed by atoms with Crippen LogP contribution in [0.3, 0.4) is 0 Å². The third-order valence-corrected chi connectivity index (χ3v) is 8.32. The number of carbonyl (C=O) groups is 1. The lowest BCUT2D eigenvalue weighted by Crippen LogP contribution is -2.40. The van der Waals surface area contributed by atoms with Gasteiger partial charge in [0.1, 0.15) is 11.9 Å². The Morgan fingerprint density at radius 3 is 2.69 bits per heavy atom. The van der Waals surface area contributed by atoms with Crippen LogP contribution in [0.1, 0.15) is 12.8 Å². The summed E-state index contributed by atoms with van der Waals surface area (Å²) in [7, 11) is -3.93. The van der Waals surface area contributed by atoms with E-state index in [-0.39, 0.29) is 33.0 Å². The molecule has 6 nitrogen and oxygen atoms in total. The van der Waals surface area contributed by atoms with Crippen molar-refractivity contribution in [3.63, 3.8) is 0 Å². The zero-order valence-corrected chi connectivity index (χ0v) is 19.1. The number of carbonyl (C=O) groups excluding carboxylic acids is 1. The summed E-state index contributed by atoms with van der Waals surface area (Å²) in [5.74, 6) is -2.18. The molecule has 32 heavy (non-hydrogen) atoms. The average molecular weight is 498 g/mol. The smallest absolute Gasteiger partial charge is 0.266 e. The number of fused-ring (bicyclic) bond motifs is 1. The molecule has 4 rings (SSSR count). The minimum atomic E-state index is -3.93. The highest BCUT2D eigenvalue weighted by molar-refractivity contribution is 7.89. The zero-order chi connectivity index (χ0) is 23.0. The van der Waals surface area contributed by atoms with Gasteiger partial charge in [-0.05, 0) is 43.2 Å². The molecule has 0 bridgehead atoms. The van der Waals surface area contributed by atoms with E-state index in [4.69, 9.17) is 11.6 Å². The molecule has 1 atom stereocenters. The van der Waals surface area contributed by atoms with E-state index in [0.29, 0.717) is 17.9 Å². The van der Waals surface area contributed by atoms with Crippen molar-refractivity contribution in [3.05, 3.63) is 70.5 Å². The largest absolute Gasteiger partial charge is 0.310 e. The summed E-state index contributed by atoms with van der Waals surface area (Å²) in [4.78, 5) is 17.3. The van der Waals surface area contributed by atoms with Crippen molar-refractivity contribution in [2.45, 2.75) is 30.3 Å². The molecule has 0 radical (unpaired) electrons. The van der Waals surface area contributed by atoms with Gasteiger partial charge in [-0.1, -0.05) is 29.0 Å². The number of sulfonamides is 1. The average Bonchev–Trinajstić information content (AvgIpc) is 3.35. The van der Waals surface area contributed by atoms with E-state index in [1.54, 1.807) is 0 Å². The van der Waals surface area contributed by atoms with Crippen molar-refractivity contribution in [3.8, 4) is 0 Å². The maximum Gasteiger partial charge on any atom is 0.266 e. The molecule has 1 aliphatic heterocycles. The molecule has 11 heteroatoms. The number of rotatable bonds is 5. The Kier molecular flexibility index (Phi) is 6.30. The van der Waals surface area contributed by atoms with Gasteiger partial charge in [0.25, 0.3) is 5.91 Å². The Morgan fingerprint density at radius 1 is 1.28 bits per heavy atom. The molecule has 0 N–H and O–H groups in total. The van der Waals surface area contributed by atoms with Crippen LogP contribution in [0, 0.1) is 11.6 Å². The summed E-state index contributed by atoms with van der Waals surface area (Å²) in [6.45, 7) is 3.96. The van der Waals surface area contributed by atoms with Crippen LogP contribution < -0.4 is 4.80 Å². The van der Waals surface area contributed by atoms with Crippen molar-refractivity contribution in [1.29, 1.82) is 0 Å². The monoisotopic (exact) mass is 497 g/mol. The van der Waals surface area contributed by atoms with Gasteiger partial charge >= 0.3 is 0 Å². The van der Waals surface area contributed by atoms with Crippen molar-refractivity contribution < 1.29 is 22.0 Å². The van der Waals surface area contributed by atoms with Crippen LogP contribution in [0.15, 0.2) is 58.9 Å². The first-order valence-electron chi connectivity index (χ1n) is 9.67. The Morgan fingerprint density at radius 2 is 2.00 bits per heavy atom. The zero-order valence-electron chi connectivity index (χ0n) is 16.7. The molecule has 168 valence electrons. The molecule has 0 aliphatic carbocycles. The summed E-state index contributed by atoms with van der Waals surface area (Å²) in [5, 5.41) is 0.396. The molecule has 1 fully saturated rings. The quantitative estimate of drug-likeness (QED) is 0.498. The molecule has 1 aliphatic rings. The minimum Gasteiger partial charge on any atom is -0.310 e. The van der Waals surface area contributed by atoms with E-state index in [9.17, 15) is 22.0 Å². The van der Waals surface area contributed by atoms with Crippen molar-refractivity contribution >= 4 is 49.1 Å². The number of hydrogen-bond donors (Lipinski definition) is 0. The number of hydrogen-bond acceptors (Lipinski definition) is 4. The summed E-state index contributed by atoms with van der Waals surface area (Å²) < 4.78 is 57.1. The molecule has 0 spiro atoms. The highest BCUT2D eigenvalue weighted by Gasteiger charge is 2.39. The number of nitrogens with zero attached hydrogens (tertiary/aromatic N) is 3. The lowest BCUT2D eigenvalue weighted by Gasteiger charge is -2.21. The number of halogens is 3. The van der Waals surface area contributed by atoms with Crippen LogP contribution in [0.25, 0.3) is 10.2 Å². The predicted octanol–water partition coefficient (Wildman–Crippen LogP) is 4.10. The molecule has 1 aromatic heterocycles. The lowest BCUT2D eigenvalue weighted by molar-refractivity contribution is -0.121. The Bertz CT molecular complexity index is 1380. The van der Waals surface area contributed by atoms with E-state index < -0.39 is 33.6 Å². The minimum absolute atomic E-state index is 0.0303. The summed E-state index contributed by atoms with van der Waals surface area (Å²) >= 11 is 6.80. The van der Waals surface area contributed by atoms with Gasteiger partial charge in [0.05, 0.1) is 15.1 Å². The molecular formula is C21H18ClF2N3O3S2. The Labute approximate surface area is 192 Å². The summed E-state index contributed by atoms with van der Waals surface area (Å²) in [6, 6.07) is 6.64. The van der Waals surface area contributed by atoms with Gasteiger partial charge in [-0.25, -0.2) is 17.2 Å². The predicted molar refractivity (Wildman–Crippen MR) is 119 cm³/mol. The van der Waals surface area contributed by atoms with Crippen LogP contribution in [-0.2, 0) is 21.4 Å². The fraction of sp³-hybridized carbons (Fsp3) is 0.238. The van der Waals surface area contributed by atoms with Crippen LogP contribution in [0.4, 0.5) is 8.78 Å². The maximum atomic E-state index is 14.4. The first-order chi connectivity index (χ1) is 15.2.